The van der Waals surface area contributed by atoms with Crippen LogP contribution in [0.15, 0.2) is 34.8 Å². The molecule has 1 aromatic heterocycles. The summed E-state index contributed by atoms with van der Waals surface area (Å²) < 4.78 is 0.989. The van der Waals surface area contributed by atoms with E-state index in [1.807, 2.05) is 18.2 Å². The SMILES string of the molecule is CCc1ccc(C(Cc2ccc(Br)cc2Cl)NN)s1. The third kappa shape index (κ3) is 3.80. The van der Waals surface area contributed by atoms with Crippen molar-refractivity contribution in [3.63, 3.8) is 0 Å². The van der Waals surface area contributed by atoms with Crippen molar-refractivity contribution in [3.8, 4) is 0 Å². The number of aryl methyl sites for hydroxylation is 1. The van der Waals surface area contributed by atoms with Crippen molar-refractivity contribution in [2.45, 2.75) is 25.8 Å². The fourth-order valence-electron chi connectivity index (χ4n) is 1.92. The van der Waals surface area contributed by atoms with Gasteiger partial charge in [0.2, 0.25) is 0 Å². The molecular weight excluding hydrogens is 344 g/mol. The van der Waals surface area contributed by atoms with E-state index in [1.54, 1.807) is 11.3 Å². The molecular formula is C14H16BrClN2S. The summed E-state index contributed by atoms with van der Waals surface area (Å²) in [5, 5.41) is 0.766. The molecule has 0 spiro atoms. The van der Waals surface area contributed by atoms with E-state index in [2.05, 4.69) is 40.4 Å². The van der Waals surface area contributed by atoms with Crippen LogP contribution in [0.3, 0.4) is 0 Å². The molecule has 2 rings (SSSR count). The van der Waals surface area contributed by atoms with Crippen LogP contribution >= 0.6 is 38.9 Å². The molecule has 0 amide bonds. The standard InChI is InChI=1S/C14H16BrClN2S/c1-2-11-5-6-14(19-11)13(18-17)7-9-3-4-10(15)8-12(9)16/h3-6,8,13,18H,2,7,17H2,1H3. The fourth-order valence-corrected chi connectivity index (χ4v) is 3.68. The van der Waals surface area contributed by atoms with Gasteiger partial charge in [-0.15, -0.1) is 11.3 Å². The van der Waals surface area contributed by atoms with Crippen molar-refractivity contribution in [2.24, 2.45) is 5.84 Å². The van der Waals surface area contributed by atoms with Gasteiger partial charge in [0.1, 0.15) is 0 Å². The quantitative estimate of drug-likeness (QED) is 0.610. The molecule has 5 heteroatoms. The summed E-state index contributed by atoms with van der Waals surface area (Å²) in [5.41, 5.74) is 3.98. The van der Waals surface area contributed by atoms with Gasteiger partial charge in [-0.05, 0) is 42.7 Å². The molecule has 0 saturated carbocycles. The predicted octanol–water partition coefficient (Wildman–Crippen LogP) is 4.47. The minimum atomic E-state index is 0.101. The molecule has 0 aliphatic rings. The molecule has 0 aliphatic heterocycles. The average molecular weight is 360 g/mol. The molecule has 0 saturated heterocycles. The van der Waals surface area contributed by atoms with Gasteiger partial charge in [-0.3, -0.25) is 11.3 Å². The summed E-state index contributed by atoms with van der Waals surface area (Å²) in [4.78, 5) is 2.62. The Hall–Kier alpha value is -0.390. The van der Waals surface area contributed by atoms with Crippen molar-refractivity contribution in [3.05, 3.63) is 55.1 Å². The monoisotopic (exact) mass is 358 g/mol. The number of hydrogen-bond donors (Lipinski definition) is 2. The van der Waals surface area contributed by atoms with E-state index in [0.717, 1.165) is 27.9 Å². The molecule has 1 atom stereocenters. The van der Waals surface area contributed by atoms with E-state index in [4.69, 9.17) is 17.4 Å². The van der Waals surface area contributed by atoms with Crippen LogP contribution in [0.1, 0.15) is 28.3 Å². The van der Waals surface area contributed by atoms with E-state index in [-0.39, 0.29) is 6.04 Å². The van der Waals surface area contributed by atoms with Gasteiger partial charge in [0.05, 0.1) is 6.04 Å². The van der Waals surface area contributed by atoms with Crippen LogP contribution in [0.25, 0.3) is 0 Å². The summed E-state index contributed by atoms with van der Waals surface area (Å²) in [5.74, 6) is 5.69. The summed E-state index contributed by atoms with van der Waals surface area (Å²) in [6.45, 7) is 2.16. The van der Waals surface area contributed by atoms with E-state index >= 15 is 0 Å². The van der Waals surface area contributed by atoms with E-state index in [9.17, 15) is 0 Å². The Morgan fingerprint density at radius 1 is 1.37 bits per heavy atom. The third-order valence-corrected chi connectivity index (χ3v) is 5.20. The number of rotatable bonds is 5. The number of hydrogen-bond acceptors (Lipinski definition) is 3. The molecule has 1 unspecified atom stereocenters. The van der Waals surface area contributed by atoms with Crippen molar-refractivity contribution in [1.29, 1.82) is 0 Å². The van der Waals surface area contributed by atoms with Crippen LogP contribution < -0.4 is 11.3 Å². The fraction of sp³-hybridized carbons (Fsp3) is 0.286. The Kier molecular flexibility index (Phi) is 5.42. The highest BCUT2D eigenvalue weighted by Crippen LogP contribution is 2.29. The summed E-state index contributed by atoms with van der Waals surface area (Å²) in [6.07, 6.45) is 1.84. The maximum Gasteiger partial charge on any atom is 0.0594 e. The summed E-state index contributed by atoms with van der Waals surface area (Å²) >= 11 is 11.5. The Morgan fingerprint density at radius 2 is 2.16 bits per heavy atom. The van der Waals surface area contributed by atoms with Gasteiger partial charge in [-0.25, -0.2) is 0 Å². The van der Waals surface area contributed by atoms with Crippen molar-refractivity contribution >= 4 is 38.9 Å². The number of nitrogens with two attached hydrogens (primary N) is 1. The van der Waals surface area contributed by atoms with Crippen LogP contribution in [0.2, 0.25) is 5.02 Å². The Bertz CT molecular complexity index is 556. The van der Waals surface area contributed by atoms with Gasteiger partial charge >= 0.3 is 0 Å². The largest absolute Gasteiger partial charge is 0.271 e. The molecule has 0 fully saturated rings. The number of thiophene rings is 1. The van der Waals surface area contributed by atoms with Crippen LogP contribution in [0.4, 0.5) is 0 Å². The minimum absolute atomic E-state index is 0.101. The number of benzene rings is 1. The van der Waals surface area contributed by atoms with E-state index in [0.29, 0.717) is 0 Å². The number of hydrazine groups is 1. The topological polar surface area (TPSA) is 38.0 Å². The van der Waals surface area contributed by atoms with E-state index in [1.165, 1.54) is 9.75 Å². The summed E-state index contributed by atoms with van der Waals surface area (Å²) in [6, 6.07) is 10.3. The second kappa shape index (κ2) is 6.86. The molecule has 1 heterocycles. The number of halogens is 2. The lowest BCUT2D eigenvalue weighted by Crippen LogP contribution is -2.29. The molecule has 0 bridgehead atoms. The average Bonchev–Trinajstić information content (AvgIpc) is 2.86. The maximum atomic E-state index is 6.26. The molecule has 2 nitrogen and oxygen atoms in total. The zero-order valence-electron chi connectivity index (χ0n) is 10.6. The minimum Gasteiger partial charge on any atom is -0.271 e. The zero-order chi connectivity index (χ0) is 13.8. The van der Waals surface area contributed by atoms with Gasteiger partial charge in [0.25, 0.3) is 0 Å². The first-order valence-electron chi connectivity index (χ1n) is 6.12. The lowest BCUT2D eigenvalue weighted by Gasteiger charge is -2.15. The molecule has 0 aliphatic carbocycles. The van der Waals surface area contributed by atoms with Crippen LogP contribution in [-0.4, -0.2) is 0 Å². The normalized spacial score (nSPS) is 12.6. The first-order chi connectivity index (χ1) is 9.13. The van der Waals surface area contributed by atoms with E-state index < -0.39 is 0 Å². The molecule has 0 radical (unpaired) electrons. The summed E-state index contributed by atoms with van der Waals surface area (Å²) in [7, 11) is 0. The Balaban J connectivity index is 2.18. The molecule has 1 aromatic carbocycles. The van der Waals surface area contributed by atoms with Gasteiger partial charge in [-0.1, -0.05) is 40.5 Å². The lowest BCUT2D eigenvalue weighted by molar-refractivity contribution is 0.560. The Morgan fingerprint density at radius 3 is 2.74 bits per heavy atom. The van der Waals surface area contributed by atoms with Crippen molar-refractivity contribution < 1.29 is 0 Å². The highest BCUT2D eigenvalue weighted by molar-refractivity contribution is 9.10. The highest BCUT2D eigenvalue weighted by Gasteiger charge is 2.14. The first-order valence-corrected chi connectivity index (χ1v) is 8.11. The van der Waals surface area contributed by atoms with Gasteiger partial charge in [0.15, 0.2) is 0 Å². The number of nitrogens with one attached hydrogen (secondary N) is 1. The zero-order valence-corrected chi connectivity index (χ0v) is 13.8. The van der Waals surface area contributed by atoms with Crippen LogP contribution in [0.5, 0.6) is 0 Å². The predicted molar refractivity (Wildman–Crippen MR) is 86.6 cm³/mol. The Labute approximate surface area is 131 Å². The molecule has 102 valence electrons. The van der Waals surface area contributed by atoms with Crippen LogP contribution in [0, 0.1) is 0 Å². The van der Waals surface area contributed by atoms with Crippen LogP contribution in [-0.2, 0) is 12.8 Å². The first kappa shape index (κ1) is 15.0. The smallest absolute Gasteiger partial charge is 0.0594 e. The second-order valence-corrected chi connectivity index (χ2v) is 6.84. The van der Waals surface area contributed by atoms with Crippen molar-refractivity contribution in [2.75, 3.05) is 0 Å². The van der Waals surface area contributed by atoms with Crippen molar-refractivity contribution in [1.82, 2.24) is 5.43 Å². The lowest BCUT2D eigenvalue weighted by atomic mass is 10.1. The second-order valence-electron chi connectivity index (χ2n) is 4.32. The molecule has 2 aromatic rings. The molecule has 3 N–H and O–H groups in total. The van der Waals surface area contributed by atoms with Gasteiger partial charge < -0.3 is 0 Å². The maximum absolute atomic E-state index is 6.26. The molecule has 19 heavy (non-hydrogen) atoms. The van der Waals surface area contributed by atoms with Gasteiger partial charge in [-0.2, -0.15) is 0 Å². The highest BCUT2D eigenvalue weighted by atomic mass is 79.9. The van der Waals surface area contributed by atoms with Gasteiger partial charge in [0, 0.05) is 19.2 Å². The third-order valence-electron chi connectivity index (χ3n) is 3.01.